The molecule has 1 atom stereocenters. The summed E-state index contributed by atoms with van der Waals surface area (Å²) in [7, 11) is 5.75. The van der Waals surface area contributed by atoms with Gasteiger partial charge in [0.1, 0.15) is 11.6 Å². The molecule has 0 bridgehead atoms. The fourth-order valence-electron chi connectivity index (χ4n) is 2.32. The number of hydrogen-bond donors (Lipinski definition) is 0. The zero-order valence-electron chi connectivity index (χ0n) is 10.6. The van der Waals surface area contributed by atoms with Gasteiger partial charge >= 0.3 is 0 Å². The summed E-state index contributed by atoms with van der Waals surface area (Å²) < 4.78 is 26.5. The minimum Gasteiger partial charge on any atom is -0.367 e. The van der Waals surface area contributed by atoms with Gasteiger partial charge in [-0.1, -0.05) is 12.7 Å². The van der Waals surface area contributed by atoms with Gasteiger partial charge < -0.3 is 9.80 Å². The number of anilines is 1. The summed E-state index contributed by atoms with van der Waals surface area (Å²) in [5.74, 6) is -0.874. The van der Waals surface area contributed by atoms with Gasteiger partial charge in [-0.25, -0.2) is 8.78 Å². The lowest BCUT2D eigenvalue weighted by atomic mass is 9.89. The predicted molar refractivity (Wildman–Crippen MR) is 70.2 cm³/mol. The highest BCUT2D eigenvalue weighted by molar-refractivity contribution is 6.11. The number of rotatable bonds is 3. The van der Waals surface area contributed by atoms with Crippen molar-refractivity contribution >= 4 is 13.5 Å². The second-order valence-corrected chi connectivity index (χ2v) is 4.86. The lowest BCUT2D eigenvalue weighted by Crippen LogP contribution is -2.47. The zero-order chi connectivity index (χ0) is 13.1. The first-order valence-corrected chi connectivity index (χ1v) is 6.24. The van der Waals surface area contributed by atoms with Gasteiger partial charge in [-0.05, 0) is 18.7 Å². The van der Waals surface area contributed by atoms with Gasteiger partial charge in [0.2, 0.25) is 0 Å². The topological polar surface area (TPSA) is 6.48 Å². The predicted octanol–water partition coefficient (Wildman–Crippen LogP) is 2.06. The lowest BCUT2D eigenvalue weighted by molar-refractivity contribution is 0.258. The molecule has 2 nitrogen and oxygen atoms in total. The van der Waals surface area contributed by atoms with Crippen LogP contribution in [-0.4, -0.2) is 45.5 Å². The summed E-state index contributed by atoms with van der Waals surface area (Å²) in [5.41, 5.74) is 0.483. The molecular weight excluding hydrogens is 233 g/mol. The van der Waals surface area contributed by atoms with Crippen LogP contribution in [0.3, 0.4) is 0 Å². The first-order chi connectivity index (χ1) is 8.56. The number of benzene rings is 1. The van der Waals surface area contributed by atoms with Crippen molar-refractivity contribution in [3.63, 3.8) is 0 Å². The molecule has 1 fully saturated rings. The highest BCUT2D eigenvalue weighted by atomic mass is 19.1. The van der Waals surface area contributed by atoms with Crippen LogP contribution in [0.5, 0.6) is 0 Å². The molecule has 96 valence electrons. The first-order valence-electron chi connectivity index (χ1n) is 6.24. The minimum absolute atomic E-state index is 0.152. The third kappa shape index (κ3) is 3.22. The Hall–Kier alpha value is -1.10. The van der Waals surface area contributed by atoms with Crippen molar-refractivity contribution in [1.82, 2.24) is 4.90 Å². The summed E-state index contributed by atoms with van der Waals surface area (Å²) in [6.07, 6.45) is 0. The van der Waals surface area contributed by atoms with Crippen LogP contribution in [0.1, 0.15) is 6.92 Å². The SMILES string of the molecule is [B]C(C)CN1CCN(c2ccc(F)cc2F)CC1. The summed E-state index contributed by atoms with van der Waals surface area (Å²) in [4.78, 5) is 4.22. The molecular formula is C13H17BF2N2. The fourth-order valence-corrected chi connectivity index (χ4v) is 2.32. The average Bonchev–Trinajstić information content (AvgIpc) is 2.30. The van der Waals surface area contributed by atoms with Gasteiger partial charge in [0.25, 0.3) is 0 Å². The van der Waals surface area contributed by atoms with E-state index in [0.29, 0.717) is 5.69 Å². The molecule has 1 aromatic rings. The van der Waals surface area contributed by atoms with Crippen molar-refractivity contribution in [2.45, 2.75) is 12.7 Å². The monoisotopic (exact) mass is 250 g/mol. The van der Waals surface area contributed by atoms with E-state index in [9.17, 15) is 8.78 Å². The zero-order valence-corrected chi connectivity index (χ0v) is 10.6. The molecule has 0 N–H and O–H groups in total. The maximum Gasteiger partial charge on any atom is 0.149 e. The Balaban J connectivity index is 1.97. The minimum atomic E-state index is -0.535. The molecule has 1 heterocycles. The third-order valence-electron chi connectivity index (χ3n) is 3.17. The molecule has 1 aliphatic rings. The second kappa shape index (κ2) is 5.70. The van der Waals surface area contributed by atoms with Crippen LogP contribution in [0.15, 0.2) is 18.2 Å². The van der Waals surface area contributed by atoms with E-state index in [1.165, 1.54) is 12.1 Å². The summed E-state index contributed by atoms with van der Waals surface area (Å²) >= 11 is 0. The smallest absolute Gasteiger partial charge is 0.149 e. The Bertz CT molecular complexity index is 404. The van der Waals surface area contributed by atoms with E-state index in [2.05, 4.69) is 4.90 Å². The van der Waals surface area contributed by atoms with Gasteiger partial charge in [0, 0.05) is 32.2 Å². The van der Waals surface area contributed by atoms with Crippen molar-refractivity contribution in [2.24, 2.45) is 0 Å². The van der Waals surface area contributed by atoms with E-state index in [1.807, 2.05) is 11.8 Å². The van der Waals surface area contributed by atoms with Gasteiger partial charge in [-0.2, -0.15) is 0 Å². The number of hydrogen-bond acceptors (Lipinski definition) is 2. The molecule has 1 unspecified atom stereocenters. The Morgan fingerprint density at radius 1 is 1.22 bits per heavy atom. The maximum absolute atomic E-state index is 13.6. The van der Waals surface area contributed by atoms with E-state index in [4.69, 9.17) is 7.85 Å². The van der Waals surface area contributed by atoms with Crippen LogP contribution >= 0.6 is 0 Å². The van der Waals surface area contributed by atoms with E-state index in [-0.39, 0.29) is 5.82 Å². The normalized spacial score (nSPS) is 18.9. The third-order valence-corrected chi connectivity index (χ3v) is 3.17. The molecule has 1 aliphatic heterocycles. The summed E-state index contributed by atoms with van der Waals surface area (Å²) in [5, 5.41) is 0. The molecule has 0 aromatic heterocycles. The van der Waals surface area contributed by atoms with Crippen molar-refractivity contribution in [1.29, 1.82) is 0 Å². The Labute approximate surface area is 108 Å². The van der Waals surface area contributed by atoms with Gasteiger partial charge in [-0.15, -0.1) is 0 Å². The van der Waals surface area contributed by atoms with E-state index in [0.717, 1.165) is 38.8 Å². The quantitative estimate of drug-likeness (QED) is 0.757. The fraction of sp³-hybridized carbons (Fsp3) is 0.538. The first kappa shape index (κ1) is 13.3. The number of nitrogens with zero attached hydrogens (tertiary/aromatic N) is 2. The van der Waals surface area contributed by atoms with Crippen LogP contribution in [0.25, 0.3) is 0 Å². The molecule has 2 rings (SSSR count). The largest absolute Gasteiger partial charge is 0.367 e. The molecule has 2 radical (unpaired) electrons. The Morgan fingerprint density at radius 3 is 2.44 bits per heavy atom. The molecule has 0 saturated carbocycles. The maximum atomic E-state index is 13.6. The highest BCUT2D eigenvalue weighted by Gasteiger charge is 2.19. The molecule has 0 aliphatic carbocycles. The van der Waals surface area contributed by atoms with Crippen LogP contribution in [0.4, 0.5) is 14.5 Å². The van der Waals surface area contributed by atoms with Crippen LogP contribution in [0.2, 0.25) is 5.82 Å². The lowest BCUT2D eigenvalue weighted by Gasteiger charge is -2.37. The summed E-state index contributed by atoms with van der Waals surface area (Å²) in [6.45, 7) is 6.05. The number of halogens is 2. The number of piperazine rings is 1. The summed E-state index contributed by atoms with van der Waals surface area (Å²) in [6, 6.07) is 3.74. The standard InChI is InChI=1S/C13H17BF2N2/c1-10(14)9-17-4-6-18(7-5-17)13-3-2-11(15)8-12(13)16/h2-3,8,10H,4-7,9H2,1H3. The van der Waals surface area contributed by atoms with E-state index >= 15 is 0 Å². The Morgan fingerprint density at radius 2 is 1.89 bits per heavy atom. The van der Waals surface area contributed by atoms with Gasteiger partial charge in [-0.3, -0.25) is 0 Å². The van der Waals surface area contributed by atoms with Crippen molar-refractivity contribution in [2.75, 3.05) is 37.6 Å². The second-order valence-electron chi connectivity index (χ2n) is 4.86. The van der Waals surface area contributed by atoms with Crippen molar-refractivity contribution < 1.29 is 8.78 Å². The molecule has 18 heavy (non-hydrogen) atoms. The molecule has 1 aromatic carbocycles. The molecule has 0 amide bonds. The van der Waals surface area contributed by atoms with Crippen molar-refractivity contribution in [3.05, 3.63) is 29.8 Å². The molecule has 1 saturated heterocycles. The van der Waals surface area contributed by atoms with Crippen LogP contribution < -0.4 is 4.90 Å². The van der Waals surface area contributed by atoms with E-state index in [1.54, 1.807) is 0 Å². The van der Waals surface area contributed by atoms with E-state index < -0.39 is 11.6 Å². The molecule has 0 spiro atoms. The van der Waals surface area contributed by atoms with Crippen LogP contribution in [-0.2, 0) is 0 Å². The van der Waals surface area contributed by atoms with Gasteiger partial charge in [0.15, 0.2) is 0 Å². The van der Waals surface area contributed by atoms with Gasteiger partial charge in [0.05, 0.1) is 13.5 Å². The Kier molecular flexibility index (Phi) is 4.22. The highest BCUT2D eigenvalue weighted by Crippen LogP contribution is 2.21. The van der Waals surface area contributed by atoms with Crippen LogP contribution in [0, 0.1) is 11.6 Å². The average molecular weight is 250 g/mol. The molecule has 5 heteroatoms. The van der Waals surface area contributed by atoms with Crippen molar-refractivity contribution in [3.8, 4) is 0 Å².